The normalized spacial score (nSPS) is 14.0. The quantitative estimate of drug-likeness (QED) is 0.476. The van der Waals surface area contributed by atoms with Crippen molar-refractivity contribution < 1.29 is 19.0 Å². The van der Waals surface area contributed by atoms with Gasteiger partial charge in [0.05, 0.1) is 49.2 Å². The van der Waals surface area contributed by atoms with Crippen molar-refractivity contribution in [3.63, 3.8) is 0 Å². The van der Waals surface area contributed by atoms with E-state index in [9.17, 15) is 14.3 Å². The molecule has 0 aliphatic carbocycles. The van der Waals surface area contributed by atoms with Crippen molar-refractivity contribution in [3.8, 4) is 22.7 Å². The molecule has 2 aromatic heterocycles. The summed E-state index contributed by atoms with van der Waals surface area (Å²) in [5, 5.41) is 9.90. The lowest BCUT2D eigenvalue weighted by molar-refractivity contribution is 0.233. The maximum atomic E-state index is 13.5. The molecular formula is C26H23FN4O4. The predicted octanol–water partition coefficient (Wildman–Crippen LogP) is 3.57. The lowest BCUT2D eigenvalue weighted by Crippen LogP contribution is -2.29. The Hall–Kier alpha value is -4.24. The predicted molar refractivity (Wildman–Crippen MR) is 128 cm³/mol. The Morgan fingerprint density at radius 3 is 2.71 bits per heavy atom. The smallest absolute Gasteiger partial charge is 0.279 e. The van der Waals surface area contributed by atoms with Crippen molar-refractivity contribution in [1.29, 1.82) is 0 Å². The van der Waals surface area contributed by atoms with Crippen LogP contribution in [0.1, 0.15) is 22.6 Å². The van der Waals surface area contributed by atoms with Gasteiger partial charge in [-0.2, -0.15) is 4.98 Å². The van der Waals surface area contributed by atoms with Crippen LogP contribution in [0.25, 0.3) is 28.8 Å². The molecule has 3 heterocycles. The van der Waals surface area contributed by atoms with E-state index in [-0.39, 0.29) is 11.4 Å². The minimum Gasteiger partial charge on any atom is -0.495 e. The van der Waals surface area contributed by atoms with Crippen LogP contribution in [0.3, 0.4) is 0 Å². The van der Waals surface area contributed by atoms with Gasteiger partial charge in [0.25, 0.3) is 5.56 Å². The molecule has 1 aliphatic heterocycles. The summed E-state index contributed by atoms with van der Waals surface area (Å²) in [5.41, 5.74) is 3.22. The van der Waals surface area contributed by atoms with E-state index in [0.717, 1.165) is 16.9 Å². The van der Waals surface area contributed by atoms with Crippen molar-refractivity contribution in [2.24, 2.45) is 0 Å². The van der Waals surface area contributed by atoms with Gasteiger partial charge in [0.15, 0.2) is 11.6 Å². The van der Waals surface area contributed by atoms with E-state index in [1.807, 2.05) is 40.5 Å². The minimum atomic E-state index is -0.558. The molecular weight excluding hydrogens is 451 g/mol. The highest BCUT2D eigenvalue weighted by Crippen LogP contribution is 2.31. The first-order valence-corrected chi connectivity index (χ1v) is 11.0. The van der Waals surface area contributed by atoms with Crippen LogP contribution in [-0.2, 0) is 17.9 Å². The van der Waals surface area contributed by atoms with Gasteiger partial charge in [-0.1, -0.05) is 6.07 Å². The van der Waals surface area contributed by atoms with Crippen LogP contribution >= 0.6 is 0 Å². The first-order valence-electron chi connectivity index (χ1n) is 11.0. The molecule has 178 valence electrons. The first kappa shape index (κ1) is 22.5. The molecule has 5 rings (SSSR count). The Bertz CT molecular complexity index is 1490. The van der Waals surface area contributed by atoms with Crippen LogP contribution in [-0.4, -0.2) is 37.9 Å². The summed E-state index contributed by atoms with van der Waals surface area (Å²) in [6.45, 7) is 2.19. The SMILES string of the molecule is COc1cc(/C=C2\OCCn3c2nc(=O)c(CO)c3-c2ccc(F)cc2)ccc1-n1cnc(C)c1. The number of nitrogens with zero attached hydrogens (tertiary/aromatic N) is 4. The third kappa shape index (κ3) is 4.22. The van der Waals surface area contributed by atoms with Crippen LogP contribution in [0.5, 0.6) is 5.75 Å². The molecule has 2 aromatic carbocycles. The van der Waals surface area contributed by atoms with Crippen LogP contribution in [0.4, 0.5) is 4.39 Å². The van der Waals surface area contributed by atoms with E-state index in [0.29, 0.717) is 41.7 Å². The Morgan fingerprint density at radius 1 is 1.23 bits per heavy atom. The number of aliphatic hydroxyl groups is 1. The summed E-state index contributed by atoms with van der Waals surface area (Å²) in [6.07, 6.45) is 5.41. The fourth-order valence-electron chi connectivity index (χ4n) is 4.20. The zero-order valence-electron chi connectivity index (χ0n) is 19.2. The first-order chi connectivity index (χ1) is 17.0. The fourth-order valence-corrected chi connectivity index (χ4v) is 4.20. The van der Waals surface area contributed by atoms with Crippen LogP contribution in [0, 0.1) is 12.7 Å². The molecule has 8 nitrogen and oxygen atoms in total. The van der Waals surface area contributed by atoms with Crippen LogP contribution in [0.15, 0.2) is 59.8 Å². The van der Waals surface area contributed by atoms with Gasteiger partial charge < -0.3 is 23.7 Å². The number of aryl methyl sites for hydroxylation is 1. The standard InChI is InChI=1S/C26H23FN4O4/c1-16-13-30(15-28-16)21-8-3-17(11-22(21)34-2)12-23-25-29-26(33)20(14-32)24(31(25)9-10-35-23)18-4-6-19(27)7-5-18/h3-8,11-13,15,32H,9-10,14H2,1-2H3/b23-12-. The minimum absolute atomic E-state index is 0.156. The summed E-state index contributed by atoms with van der Waals surface area (Å²) in [4.78, 5) is 21.3. The number of rotatable bonds is 5. The Morgan fingerprint density at radius 2 is 2.03 bits per heavy atom. The molecule has 0 atom stereocenters. The second-order valence-electron chi connectivity index (χ2n) is 8.10. The Labute approximate surface area is 200 Å². The second kappa shape index (κ2) is 9.19. The maximum Gasteiger partial charge on any atom is 0.279 e. The lowest BCUT2D eigenvalue weighted by Gasteiger charge is -2.26. The topological polar surface area (TPSA) is 91.4 Å². The van der Waals surface area contributed by atoms with E-state index in [1.54, 1.807) is 31.6 Å². The van der Waals surface area contributed by atoms with E-state index in [2.05, 4.69) is 9.97 Å². The molecule has 9 heteroatoms. The average Bonchev–Trinajstić information content (AvgIpc) is 3.30. The summed E-state index contributed by atoms with van der Waals surface area (Å²) in [6, 6.07) is 11.5. The summed E-state index contributed by atoms with van der Waals surface area (Å²) in [7, 11) is 1.60. The number of fused-ring (bicyclic) bond motifs is 1. The number of methoxy groups -OCH3 is 1. The van der Waals surface area contributed by atoms with Gasteiger partial charge in [-0.15, -0.1) is 0 Å². The number of aliphatic hydroxyl groups excluding tert-OH is 1. The van der Waals surface area contributed by atoms with Gasteiger partial charge >= 0.3 is 0 Å². The average molecular weight is 474 g/mol. The highest BCUT2D eigenvalue weighted by atomic mass is 19.1. The number of aromatic nitrogens is 4. The highest BCUT2D eigenvalue weighted by Gasteiger charge is 2.24. The van der Waals surface area contributed by atoms with Crippen molar-refractivity contribution in [1.82, 2.24) is 19.1 Å². The lowest BCUT2D eigenvalue weighted by atomic mass is 10.1. The number of benzene rings is 2. The van der Waals surface area contributed by atoms with Crippen LogP contribution in [0.2, 0.25) is 0 Å². The van der Waals surface area contributed by atoms with E-state index in [1.165, 1.54) is 12.1 Å². The maximum absolute atomic E-state index is 13.5. The van der Waals surface area contributed by atoms with Gasteiger partial charge in [-0.3, -0.25) is 4.79 Å². The molecule has 35 heavy (non-hydrogen) atoms. The van der Waals surface area contributed by atoms with Crippen LogP contribution < -0.4 is 10.3 Å². The van der Waals surface area contributed by atoms with E-state index >= 15 is 0 Å². The largest absolute Gasteiger partial charge is 0.495 e. The van der Waals surface area contributed by atoms with Crippen molar-refractivity contribution >= 4 is 11.8 Å². The number of hydrogen-bond acceptors (Lipinski definition) is 6. The van der Waals surface area contributed by atoms with E-state index in [4.69, 9.17) is 9.47 Å². The molecule has 0 amide bonds. The van der Waals surface area contributed by atoms with E-state index < -0.39 is 12.2 Å². The third-order valence-corrected chi connectivity index (χ3v) is 5.84. The number of hydrogen-bond donors (Lipinski definition) is 1. The van der Waals surface area contributed by atoms with Gasteiger partial charge in [0, 0.05) is 6.20 Å². The molecule has 0 fully saturated rings. The summed E-state index contributed by atoms with van der Waals surface area (Å²) >= 11 is 0. The number of imidazole rings is 1. The molecule has 1 N–H and O–H groups in total. The summed E-state index contributed by atoms with van der Waals surface area (Å²) < 4.78 is 28.7. The molecule has 0 spiro atoms. The Balaban J connectivity index is 1.62. The van der Waals surface area contributed by atoms with Crippen molar-refractivity contribution in [2.75, 3.05) is 13.7 Å². The molecule has 0 unspecified atom stereocenters. The molecule has 0 saturated carbocycles. The monoisotopic (exact) mass is 474 g/mol. The molecule has 0 radical (unpaired) electrons. The summed E-state index contributed by atoms with van der Waals surface area (Å²) in [5.74, 6) is 1.00. The van der Waals surface area contributed by atoms with Crippen molar-refractivity contribution in [2.45, 2.75) is 20.1 Å². The van der Waals surface area contributed by atoms with Gasteiger partial charge in [-0.25, -0.2) is 9.37 Å². The fraction of sp³-hybridized carbons (Fsp3) is 0.192. The van der Waals surface area contributed by atoms with Gasteiger partial charge in [0.2, 0.25) is 0 Å². The van der Waals surface area contributed by atoms with Gasteiger partial charge in [0.1, 0.15) is 18.2 Å². The highest BCUT2D eigenvalue weighted by molar-refractivity contribution is 5.78. The molecule has 0 bridgehead atoms. The third-order valence-electron chi connectivity index (χ3n) is 5.84. The zero-order valence-corrected chi connectivity index (χ0v) is 19.2. The molecule has 0 saturated heterocycles. The second-order valence-corrected chi connectivity index (χ2v) is 8.10. The zero-order chi connectivity index (χ0) is 24.5. The van der Waals surface area contributed by atoms with Crippen molar-refractivity contribution in [3.05, 3.63) is 93.8 Å². The number of halogens is 1. The number of ether oxygens (including phenoxy) is 2. The Kier molecular flexibility index (Phi) is 5.92. The molecule has 1 aliphatic rings. The molecule has 4 aromatic rings. The van der Waals surface area contributed by atoms with Gasteiger partial charge in [-0.05, 0) is 60.5 Å².